The van der Waals surface area contributed by atoms with Crippen LogP contribution < -0.4 is 14.4 Å². The number of hydrogen-bond acceptors (Lipinski definition) is 7. The van der Waals surface area contributed by atoms with E-state index in [-0.39, 0.29) is 34.8 Å². The van der Waals surface area contributed by atoms with Gasteiger partial charge < -0.3 is 19.5 Å². The Bertz CT molecular complexity index is 1600. The summed E-state index contributed by atoms with van der Waals surface area (Å²) in [7, 11) is -2.67. The van der Waals surface area contributed by atoms with Crippen molar-refractivity contribution in [3.05, 3.63) is 64.7 Å². The van der Waals surface area contributed by atoms with Crippen molar-refractivity contribution in [1.29, 1.82) is 0 Å². The normalized spacial score (nSPS) is 29.8. The Hall–Kier alpha value is -3.28. The second-order valence-corrected chi connectivity index (χ2v) is 14.6. The number of amides is 2. The Balaban J connectivity index is 1.44. The summed E-state index contributed by atoms with van der Waals surface area (Å²) in [5, 5.41) is 10.5. The fourth-order valence-corrected chi connectivity index (χ4v) is 8.58. The number of carbonyl (C=O) groups is 2. The van der Waals surface area contributed by atoms with Gasteiger partial charge in [0.15, 0.2) is 0 Å². The number of nitrogens with zero attached hydrogens (tertiary/aromatic N) is 2. The van der Waals surface area contributed by atoms with Gasteiger partial charge in [0.2, 0.25) is 0 Å². The lowest BCUT2D eigenvalue weighted by Crippen LogP contribution is -2.50. The maximum Gasteiger partial charge on any atom is 0.408 e. The largest absolute Gasteiger partial charge is 0.490 e. The van der Waals surface area contributed by atoms with Crippen molar-refractivity contribution in [2.75, 3.05) is 38.3 Å². The zero-order valence-electron chi connectivity index (χ0n) is 24.9. The molecule has 2 amide bonds. The van der Waals surface area contributed by atoms with Crippen LogP contribution in [0.5, 0.6) is 5.75 Å². The lowest BCUT2D eigenvalue weighted by molar-refractivity contribution is -0.123. The minimum absolute atomic E-state index is 0.0878. The van der Waals surface area contributed by atoms with Gasteiger partial charge in [-0.2, -0.15) is 0 Å². The first-order valence-corrected chi connectivity index (χ1v) is 16.9. The Morgan fingerprint density at radius 1 is 1.20 bits per heavy atom. The van der Waals surface area contributed by atoms with Crippen LogP contribution >= 0.6 is 11.6 Å². The fraction of sp³-hybridized carbons (Fsp3) is 0.500. The lowest BCUT2D eigenvalue weighted by Gasteiger charge is -2.46. The van der Waals surface area contributed by atoms with E-state index in [1.807, 2.05) is 18.2 Å². The molecule has 1 spiro atoms. The van der Waals surface area contributed by atoms with Gasteiger partial charge in [0.05, 0.1) is 23.3 Å². The van der Waals surface area contributed by atoms with Crippen molar-refractivity contribution in [3.8, 4) is 5.75 Å². The topological polar surface area (TPSA) is 125 Å². The smallest absolute Gasteiger partial charge is 0.408 e. The summed E-state index contributed by atoms with van der Waals surface area (Å²) in [6, 6.07) is 9.48. The second-order valence-electron chi connectivity index (χ2n) is 12.4. The van der Waals surface area contributed by atoms with Gasteiger partial charge in [-0.15, -0.1) is 0 Å². The molecular weight excluding hydrogens is 606 g/mol. The second kappa shape index (κ2) is 11.9. The third-order valence-corrected chi connectivity index (χ3v) is 11.5. The average Bonchev–Trinajstić information content (AvgIpc) is 3.12. The van der Waals surface area contributed by atoms with E-state index in [9.17, 15) is 23.1 Å². The van der Waals surface area contributed by atoms with Crippen LogP contribution in [0.1, 0.15) is 43.7 Å². The van der Waals surface area contributed by atoms with E-state index in [0.717, 1.165) is 37.0 Å². The number of sulfonamides is 1. The molecule has 0 radical (unpaired) electrons. The minimum atomic E-state index is -4.32. The summed E-state index contributed by atoms with van der Waals surface area (Å²) < 4.78 is 41.5. The number of fused-ring (bicyclic) bond motifs is 4. The number of carbonyl (C=O) groups excluding carboxylic acids is 1. The monoisotopic (exact) mass is 643 g/mol. The van der Waals surface area contributed by atoms with Gasteiger partial charge in [-0.3, -0.25) is 9.69 Å². The molecule has 2 heterocycles. The van der Waals surface area contributed by atoms with Gasteiger partial charge in [-0.25, -0.2) is 17.9 Å². The van der Waals surface area contributed by atoms with Crippen LogP contribution in [0, 0.1) is 11.8 Å². The highest BCUT2D eigenvalue weighted by Crippen LogP contribution is 2.47. The summed E-state index contributed by atoms with van der Waals surface area (Å²) >= 11 is 6.38. The fourth-order valence-electron chi connectivity index (χ4n) is 7.32. The molecule has 2 N–H and O–H groups in total. The van der Waals surface area contributed by atoms with Gasteiger partial charge in [0.1, 0.15) is 11.8 Å². The zero-order chi connectivity index (χ0) is 31.2. The highest BCUT2D eigenvalue weighted by Gasteiger charge is 2.44. The molecule has 6 rings (SSSR count). The summed E-state index contributed by atoms with van der Waals surface area (Å²) in [5.74, 6) is 0.0906. The number of carboxylic acid groups (broad SMARTS) is 1. The molecule has 1 saturated carbocycles. The molecule has 0 saturated heterocycles. The maximum atomic E-state index is 13.5. The molecule has 2 aliphatic heterocycles. The lowest BCUT2D eigenvalue weighted by atomic mass is 9.68. The number of benzene rings is 2. The van der Waals surface area contributed by atoms with Crippen LogP contribution in [0.3, 0.4) is 0 Å². The first-order chi connectivity index (χ1) is 21.0. The van der Waals surface area contributed by atoms with E-state index < -0.39 is 28.1 Å². The molecule has 2 bridgehead atoms. The highest BCUT2D eigenvalue weighted by atomic mass is 35.5. The van der Waals surface area contributed by atoms with Crippen molar-refractivity contribution < 1.29 is 32.6 Å². The van der Waals surface area contributed by atoms with E-state index in [1.54, 1.807) is 25.3 Å². The highest BCUT2D eigenvalue weighted by molar-refractivity contribution is 7.90. The standard InChI is InChI=1S/C32H38ClN3O7S/c1-20-30(37)34-44(40,41)24-9-12-29-27(16-24)35(17-22-7-10-25(22)28(42-2)6-4-14-36(20)31(38)39)18-32(19-43-29)13-3-5-21-15-23(33)8-11-26(21)32/h4,6,8-9,11-12,15-16,20,22,25,28H,3,5,7,10,13-14,17-19H2,1-2H3,(H,34,37)(H,38,39)/t20-,22-,25+,28+,32-/m0/s1. The Kier molecular flexibility index (Phi) is 8.32. The van der Waals surface area contributed by atoms with Gasteiger partial charge in [-0.1, -0.05) is 29.8 Å². The van der Waals surface area contributed by atoms with Crippen LogP contribution in [-0.2, 0) is 31.4 Å². The molecular formula is C32H38ClN3O7S. The van der Waals surface area contributed by atoms with Gasteiger partial charge in [0, 0.05) is 37.2 Å². The summed E-state index contributed by atoms with van der Waals surface area (Å²) in [5.41, 5.74) is 2.77. The number of rotatable bonds is 1. The van der Waals surface area contributed by atoms with Crippen molar-refractivity contribution in [3.63, 3.8) is 0 Å². The molecule has 10 nitrogen and oxygen atoms in total. The molecule has 0 unspecified atom stereocenters. The maximum absolute atomic E-state index is 13.5. The van der Waals surface area contributed by atoms with Crippen molar-refractivity contribution >= 4 is 39.3 Å². The Labute approximate surface area is 263 Å². The molecule has 44 heavy (non-hydrogen) atoms. The average molecular weight is 644 g/mol. The van der Waals surface area contributed by atoms with Gasteiger partial charge in [0.25, 0.3) is 15.9 Å². The third-order valence-electron chi connectivity index (χ3n) is 9.90. The van der Waals surface area contributed by atoms with E-state index in [4.69, 9.17) is 21.1 Å². The van der Waals surface area contributed by atoms with Crippen molar-refractivity contribution in [2.45, 2.75) is 61.5 Å². The first kappa shape index (κ1) is 30.7. The van der Waals surface area contributed by atoms with Crippen LogP contribution in [-0.4, -0.2) is 75.9 Å². The number of ether oxygens (including phenoxy) is 2. The molecule has 2 aromatic rings. The van der Waals surface area contributed by atoms with Crippen molar-refractivity contribution in [2.24, 2.45) is 11.8 Å². The molecule has 2 aliphatic carbocycles. The molecule has 5 atom stereocenters. The number of nitrogens with one attached hydrogen (secondary N) is 1. The molecule has 2 aromatic carbocycles. The Morgan fingerprint density at radius 3 is 2.75 bits per heavy atom. The number of anilines is 1. The van der Waals surface area contributed by atoms with Crippen LogP contribution in [0.4, 0.5) is 10.5 Å². The predicted molar refractivity (Wildman–Crippen MR) is 166 cm³/mol. The van der Waals surface area contributed by atoms with E-state index in [2.05, 4.69) is 15.7 Å². The summed E-state index contributed by atoms with van der Waals surface area (Å²) in [4.78, 5) is 28.1. The van der Waals surface area contributed by atoms with Gasteiger partial charge >= 0.3 is 6.09 Å². The predicted octanol–water partition coefficient (Wildman–Crippen LogP) is 4.60. The molecule has 12 heteroatoms. The van der Waals surface area contributed by atoms with Crippen molar-refractivity contribution in [1.82, 2.24) is 9.62 Å². The molecule has 1 fully saturated rings. The van der Waals surface area contributed by atoms with E-state index in [0.29, 0.717) is 36.2 Å². The number of halogens is 1. The Morgan fingerprint density at radius 2 is 2.02 bits per heavy atom. The molecule has 4 aliphatic rings. The van der Waals surface area contributed by atoms with Crippen LogP contribution in [0.15, 0.2) is 53.4 Å². The number of aryl methyl sites for hydroxylation is 1. The number of hydrogen-bond donors (Lipinski definition) is 2. The number of methoxy groups -OCH3 is 1. The SMILES string of the molecule is CO[C@@H]1C=CCN(C(=O)O)[C@@H](C)C(=O)NS(=O)(=O)c2ccc3c(c2)N(C[C@@H]2CC[C@H]21)C[C@@]1(CCCc2cc(Cl)ccc21)CO3. The summed E-state index contributed by atoms with van der Waals surface area (Å²) in [6.45, 7) is 3.01. The molecule has 0 aromatic heterocycles. The third kappa shape index (κ3) is 5.65. The van der Waals surface area contributed by atoms with Crippen LogP contribution in [0.25, 0.3) is 0 Å². The molecule has 236 valence electrons. The summed E-state index contributed by atoms with van der Waals surface area (Å²) in [6.07, 6.45) is 6.76. The zero-order valence-corrected chi connectivity index (χ0v) is 26.4. The van der Waals surface area contributed by atoms with Crippen LogP contribution in [0.2, 0.25) is 5.02 Å². The minimum Gasteiger partial charge on any atom is -0.490 e. The first-order valence-electron chi connectivity index (χ1n) is 15.1. The van der Waals surface area contributed by atoms with E-state index in [1.165, 1.54) is 24.1 Å². The van der Waals surface area contributed by atoms with E-state index >= 15 is 0 Å². The van der Waals surface area contributed by atoms with Gasteiger partial charge in [-0.05, 0) is 92.3 Å². The quantitative estimate of drug-likeness (QED) is 0.432.